The van der Waals surface area contributed by atoms with Crippen LogP contribution in [0.4, 0.5) is 5.69 Å². The molecule has 1 N–H and O–H groups in total. The standard InChI is InChI=1S/C28H31N3O5S/c1-6-34-23-15-20(26-25(27(33)35-7-2)19(5)29-28-31(26)13-14-37-28)11-12-22(23)36-16-24(32)30-21-10-8-9-17(3)18(21)4/h8-15,26H,6-7,16H2,1-5H3,(H,30,32)/t26-/m0/s1. The van der Waals surface area contributed by atoms with Gasteiger partial charge in [-0.2, -0.15) is 0 Å². The number of thioether (sulfide) groups is 1. The summed E-state index contributed by atoms with van der Waals surface area (Å²) < 4.78 is 17.1. The number of rotatable bonds is 9. The Kier molecular flexibility index (Phi) is 8.23. The second-order valence-electron chi connectivity index (χ2n) is 8.55. The number of allylic oxidation sites excluding steroid dienone is 1. The summed E-state index contributed by atoms with van der Waals surface area (Å²) in [5.41, 5.74) is 4.78. The van der Waals surface area contributed by atoms with Gasteiger partial charge >= 0.3 is 5.97 Å². The molecule has 0 fully saturated rings. The normalized spacial score (nSPS) is 16.3. The number of carbonyl (C=O) groups is 2. The van der Waals surface area contributed by atoms with E-state index >= 15 is 0 Å². The Bertz CT molecular complexity index is 1300. The number of nitrogens with zero attached hydrogens (tertiary/aromatic N) is 2. The van der Waals surface area contributed by atoms with Gasteiger partial charge in [-0.1, -0.05) is 30.0 Å². The minimum absolute atomic E-state index is 0.175. The summed E-state index contributed by atoms with van der Waals surface area (Å²) in [5, 5.41) is 5.63. The highest BCUT2D eigenvalue weighted by atomic mass is 32.2. The summed E-state index contributed by atoms with van der Waals surface area (Å²) in [5.74, 6) is 0.256. The first-order valence-corrected chi connectivity index (χ1v) is 13.1. The lowest BCUT2D eigenvalue weighted by atomic mass is 9.94. The second-order valence-corrected chi connectivity index (χ2v) is 9.42. The van der Waals surface area contributed by atoms with Crippen LogP contribution in [0.5, 0.6) is 11.5 Å². The Morgan fingerprint density at radius 3 is 2.62 bits per heavy atom. The number of carbonyl (C=O) groups excluding carboxylic acids is 2. The molecule has 4 rings (SSSR count). The zero-order valence-electron chi connectivity index (χ0n) is 21.7. The van der Waals surface area contributed by atoms with Crippen LogP contribution >= 0.6 is 11.8 Å². The molecule has 2 aliphatic heterocycles. The predicted octanol–water partition coefficient (Wildman–Crippen LogP) is 5.49. The van der Waals surface area contributed by atoms with Crippen LogP contribution in [0.1, 0.15) is 43.5 Å². The zero-order valence-corrected chi connectivity index (χ0v) is 22.5. The Morgan fingerprint density at radius 1 is 1.05 bits per heavy atom. The van der Waals surface area contributed by atoms with E-state index in [4.69, 9.17) is 14.2 Å². The number of aryl methyl sites for hydroxylation is 1. The van der Waals surface area contributed by atoms with Crippen molar-refractivity contribution in [2.45, 2.75) is 40.7 Å². The predicted molar refractivity (Wildman–Crippen MR) is 146 cm³/mol. The topological polar surface area (TPSA) is 89.5 Å². The van der Waals surface area contributed by atoms with E-state index < -0.39 is 12.0 Å². The van der Waals surface area contributed by atoms with E-state index in [0.29, 0.717) is 29.4 Å². The Labute approximate surface area is 221 Å². The van der Waals surface area contributed by atoms with Gasteiger partial charge < -0.3 is 24.4 Å². The van der Waals surface area contributed by atoms with Crippen LogP contribution in [-0.2, 0) is 14.3 Å². The van der Waals surface area contributed by atoms with Crippen molar-refractivity contribution >= 4 is 34.5 Å². The number of nitrogens with one attached hydrogen (secondary N) is 1. The highest BCUT2D eigenvalue weighted by Gasteiger charge is 2.37. The van der Waals surface area contributed by atoms with Gasteiger partial charge in [-0.25, -0.2) is 9.79 Å². The third-order valence-electron chi connectivity index (χ3n) is 6.14. The smallest absolute Gasteiger partial charge is 0.338 e. The van der Waals surface area contributed by atoms with E-state index in [0.717, 1.165) is 27.5 Å². The molecule has 2 aromatic carbocycles. The lowest BCUT2D eigenvalue weighted by molar-refractivity contribution is -0.139. The Hall–Kier alpha value is -3.72. The van der Waals surface area contributed by atoms with Gasteiger partial charge in [0.25, 0.3) is 5.91 Å². The monoisotopic (exact) mass is 521 g/mol. The number of fused-ring (bicyclic) bond motifs is 1. The first-order valence-electron chi connectivity index (χ1n) is 12.2. The van der Waals surface area contributed by atoms with Crippen LogP contribution in [0.3, 0.4) is 0 Å². The number of hydrogen-bond acceptors (Lipinski definition) is 8. The van der Waals surface area contributed by atoms with Crippen molar-refractivity contribution in [1.29, 1.82) is 0 Å². The third kappa shape index (κ3) is 5.67. The third-order valence-corrected chi connectivity index (χ3v) is 6.91. The molecule has 8 nitrogen and oxygen atoms in total. The molecule has 0 unspecified atom stereocenters. The van der Waals surface area contributed by atoms with Crippen LogP contribution in [-0.4, -0.2) is 41.8 Å². The maximum absolute atomic E-state index is 12.9. The highest BCUT2D eigenvalue weighted by Crippen LogP contribution is 2.43. The molecule has 1 atom stereocenters. The molecule has 0 aromatic heterocycles. The lowest BCUT2D eigenvalue weighted by Gasteiger charge is -2.33. The number of amidine groups is 1. The average Bonchev–Trinajstić information content (AvgIpc) is 3.33. The van der Waals surface area contributed by atoms with Crippen molar-refractivity contribution in [3.63, 3.8) is 0 Å². The van der Waals surface area contributed by atoms with Gasteiger partial charge in [-0.05, 0) is 74.9 Å². The summed E-state index contributed by atoms with van der Waals surface area (Å²) >= 11 is 1.50. The van der Waals surface area contributed by atoms with Crippen LogP contribution < -0.4 is 14.8 Å². The van der Waals surface area contributed by atoms with Crippen LogP contribution in [0.25, 0.3) is 0 Å². The minimum atomic E-state index is -0.432. The molecule has 194 valence electrons. The van der Waals surface area contributed by atoms with E-state index in [-0.39, 0.29) is 19.1 Å². The molecular formula is C28H31N3O5S. The molecule has 0 saturated heterocycles. The number of esters is 1. The molecule has 2 heterocycles. The molecule has 0 spiro atoms. The van der Waals surface area contributed by atoms with E-state index in [1.165, 1.54) is 11.8 Å². The van der Waals surface area contributed by atoms with Gasteiger partial charge in [-0.3, -0.25) is 4.79 Å². The van der Waals surface area contributed by atoms with Gasteiger partial charge in [-0.15, -0.1) is 0 Å². The van der Waals surface area contributed by atoms with Crippen molar-refractivity contribution < 1.29 is 23.8 Å². The van der Waals surface area contributed by atoms with Crippen molar-refractivity contribution in [1.82, 2.24) is 4.90 Å². The number of benzene rings is 2. The summed E-state index contributed by atoms with van der Waals surface area (Å²) in [7, 11) is 0. The van der Waals surface area contributed by atoms with Gasteiger partial charge in [0.2, 0.25) is 0 Å². The summed E-state index contributed by atoms with van der Waals surface area (Å²) in [6.07, 6.45) is 1.90. The number of amides is 1. The molecule has 1 amide bonds. The Balaban J connectivity index is 1.58. The zero-order chi connectivity index (χ0) is 26.5. The van der Waals surface area contributed by atoms with Crippen molar-refractivity contribution in [2.75, 3.05) is 25.1 Å². The van der Waals surface area contributed by atoms with E-state index in [2.05, 4.69) is 10.3 Å². The maximum atomic E-state index is 12.9. The minimum Gasteiger partial charge on any atom is -0.490 e. The average molecular weight is 522 g/mol. The van der Waals surface area contributed by atoms with Crippen molar-refractivity contribution in [3.05, 3.63) is 76.0 Å². The lowest BCUT2D eigenvalue weighted by Crippen LogP contribution is -2.34. The maximum Gasteiger partial charge on any atom is 0.338 e. The number of aliphatic imine (C=N–C) groups is 1. The summed E-state index contributed by atoms with van der Waals surface area (Å²) in [6, 6.07) is 10.8. The first-order chi connectivity index (χ1) is 17.8. The van der Waals surface area contributed by atoms with Gasteiger partial charge in [0.15, 0.2) is 23.3 Å². The van der Waals surface area contributed by atoms with Crippen LogP contribution in [0.15, 0.2) is 64.3 Å². The number of hydrogen-bond donors (Lipinski definition) is 1. The molecule has 37 heavy (non-hydrogen) atoms. The first kappa shape index (κ1) is 26.3. The molecule has 0 aliphatic carbocycles. The number of ether oxygens (including phenoxy) is 3. The van der Waals surface area contributed by atoms with Gasteiger partial charge in [0.05, 0.1) is 30.5 Å². The SMILES string of the molecule is CCOC(=O)C1=C(C)N=C2SC=CN2[C@H]1c1ccc(OCC(=O)Nc2cccc(C)c2C)c(OCC)c1. The fourth-order valence-electron chi connectivity index (χ4n) is 4.20. The fraction of sp³-hybridized carbons (Fsp3) is 0.321. The molecule has 0 bridgehead atoms. The van der Waals surface area contributed by atoms with Gasteiger partial charge in [0, 0.05) is 11.9 Å². The molecule has 9 heteroatoms. The quantitative estimate of drug-likeness (QED) is 0.437. The molecule has 2 aliphatic rings. The number of anilines is 1. The molecule has 0 radical (unpaired) electrons. The van der Waals surface area contributed by atoms with E-state index in [9.17, 15) is 9.59 Å². The highest BCUT2D eigenvalue weighted by molar-refractivity contribution is 8.16. The largest absolute Gasteiger partial charge is 0.490 e. The van der Waals surface area contributed by atoms with Gasteiger partial charge in [0.1, 0.15) is 0 Å². The van der Waals surface area contributed by atoms with Crippen molar-refractivity contribution in [3.8, 4) is 11.5 Å². The second kappa shape index (κ2) is 11.6. The van der Waals surface area contributed by atoms with Crippen LogP contribution in [0, 0.1) is 13.8 Å². The van der Waals surface area contributed by atoms with E-state index in [1.54, 1.807) is 13.0 Å². The molecular weight excluding hydrogens is 490 g/mol. The summed E-state index contributed by atoms with van der Waals surface area (Å²) in [4.78, 5) is 32.1. The van der Waals surface area contributed by atoms with Crippen molar-refractivity contribution in [2.24, 2.45) is 4.99 Å². The van der Waals surface area contributed by atoms with E-state index in [1.807, 2.05) is 74.5 Å². The summed E-state index contributed by atoms with van der Waals surface area (Å²) in [6.45, 7) is 9.94. The Morgan fingerprint density at radius 2 is 1.86 bits per heavy atom. The fourth-order valence-corrected chi connectivity index (χ4v) is 4.99. The molecule has 2 aromatic rings. The molecule has 0 saturated carbocycles. The van der Waals surface area contributed by atoms with Crippen LogP contribution in [0.2, 0.25) is 0 Å².